The molecule has 0 amide bonds. The number of hydrogen-bond donors (Lipinski definition) is 0. The van der Waals surface area contributed by atoms with Crippen LogP contribution >= 0.6 is 0 Å². The van der Waals surface area contributed by atoms with Gasteiger partial charge in [-0.1, -0.05) is 41.5 Å². The molecule has 0 heterocycles. The quantitative estimate of drug-likeness (QED) is 0.200. The van der Waals surface area contributed by atoms with E-state index in [4.69, 9.17) is 3.32 Å². The van der Waals surface area contributed by atoms with Crippen LogP contribution in [0.4, 0.5) is 0 Å². The van der Waals surface area contributed by atoms with Crippen molar-refractivity contribution in [3.63, 3.8) is 0 Å². The van der Waals surface area contributed by atoms with Gasteiger partial charge in [-0.15, -0.1) is 0 Å². The summed E-state index contributed by atoms with van der Waals surface area (Å²) < 4.78 is 4.94. The number of carbonyl (C=O) groups excluding carboxylic acids is 6. The third-order valence-electron chi connectivity index (χ3n) is 5.58. The van der Waals surface area contributed by atoms with Crippen LogP contribution in [0.15, 0.2) is 0 Å². The predicted octanol–water partition coefficient (Wildman–Crippen LogP) is 1.66. The van der Waals surface area contributed by atoms with Gasteiger partial charge >= 0.3 is 50.5 Å². The van der Waals surface area contributed by atoms with E-state index in [1.807, 2.05) is 62.3 Å². The number of hydrogen-bond acceptors (Lipinski definition) is 10. The van der Waals surface area contributed by atoms with Crippen molar-refractivity contribution in [1.82, 2.24) is 0 Å². The first-order chi connectivity index (χ1) is 17.9. The summed E-state index contributed by atoms with van der Waals surface area (Å²) in [6.07, 6.45) is 2.95. The molecule has 0 aliphatic carbocycles. The van der Waals surface area contributed by atoms with E-state index in [0.717, 1.165) is 0 Å². The summed E-state index contributed by atoms with van der Waals surface area (Å²) in [6.45, 7) is 17.3. The van der Waals surface area contributed by atoms with Gasteiger partial charge in [-0.25, -0.2) is 0 Å². The molecule has 0 rings (SSSR count). The fourth-order valence-corrected chi connectivity index (χ4v) is 3.09. The zero-order valence-corrected chi connectivity index (χ0v) is 26.7. The molecule has 0 fully saturated rings. The molecule has 224 valence electrons. The SMILES string of the molecule is CC(C)(C)[O][Ti+3].CCC(CC)C(=O)CC(=O)[O-].CCC(CC)C(=O)CC(=O)[O-].CCC(CC)C(=O)CC(=O)[O-]. The van der Waals surface area contributed by atoms with Crippen molar-refractivity contribution in [2.75, 3.05) is 0 Å². The summed E-state index contributed by atoms with van der Waals surface area (Å²) in [6, 6.07) is 0. The second-order valence-electron chi connectivity index (χ2n) is 9.80. The van der Waals surface area contributed by atoms with Crippen LogP contribution in [0.5, 0.6) is 0 Å². The number of rotatable bonds is 15. The Hall–Kier alpha value is -1.91. The van der Waals surface area contributed by atoms with Crippen LogP contribution in [-0.4, -0.2) is 40.9 Å². The van der Waals surface area contributed by atoms with Crippen LogP contribution in [0.3, 0.4) is 0 Å². The van der Waals surface area contributed by atoms with Gasteiger partial charge in [0.2, 0.25) is 0 Å². The maximum atomic E-state index is 11.0. The molecule has 0 N–H and O–H groups in total. The van der Waals surface area contributed by atoms with Crippen molar-refractivity contribution in [2.24, 2.45) is 17.8 Å². The van der Waals surface area contributed by atoms with Crippen molar-refractivity contribution in [3.05, 3.63) is 0 Å². The average Bonchev–Trinajstić information content (AvgIpc) is 2.81. The first-order valence-electron chi connectivity index (χ1n) is 13.4. The Labute approximate surface area is 246 Å². The predicted molar refractivity (Wildman–Crippen MR) is 137 cm³/mol. The third-order valence-corrected chi connectivity index (χ3v) is 6.54. The van der Waals surface area contributed by atoms with Crippen LogP contribution < -0.4 is 15.3 Å². The van der Waals surface area contributed by atoms with Gasteiger partial charge in [-0.2, -0.15) is 0 Å². The maximum absolute atomic E-state index is 11.0. The van der Waals surface area contributed by atoms with E-state index < -0.39 is 37.2 Å². The summed E-state index contributed by atoms with van der Waals surface area (Å²) in [5, 5.41) is 30.0. The Morgan fingerprint density at radius 1 is 0.538 bits per heavy atom. The van der Waals surface area contributed by atoms with Crippen molar-refractivity contribution >= 4 is 35.3 Å². The maximum Gasteiger partial charge on any atom is 0.141 e. The number of carboxylic acids is 3. The zero-order valence-electron chi connectivity index (χ0n) is 25.2. The zero-order chi connectivity index (χ0) is 31.8. The summed E-state index contributed by atoms with van der Waals surface area (Å²) in [4.78, 5) is 63.0. The Balaban J connectivity index is -0.000000214. The van der Waals surface area contributed by atoms with Crippen LogP contribution in [0.1, 0.15) is 120 Å². The molecule has 0 aromatic carbocycles. The van der Waals surface area contributed by atoms with Gasteiger partial charge in [0.05, 0.1) is 0 Å². The van der Waals surface area contributed by atoms with Gasteiger partial charge in [0.15, 0.2) is 0 Å². The first kappa shape index (κ1) is 44.1. The minimum Gasteiger partial charge on any atom is -0.550 e. The smallest absolute Gasteiger partial charge is 0.141 e. The second-order valence-corrected chi connectivity index (χ2v) is 10.1. The number of aliphatic carboxylic acids is 3. The van der Waals surface area contributed by atoms with Crippen LogP contribution in [-0.2, 0) is 52.9 Å². The Morgan fingerprint density at radius 3 is 0.769 bits per heavy atom. The first-order valence-corrected chi connectivity index (χ1v) is 14.1. The molecule has 0 aliphatic heterocycles. The van der Waals surface area contributed by atoms with E-state index in [9.17, 15) is 44.1 Å². The van der Waals surface area contributed by atoms with Crippen molar-refractivity contribution in [3.8, 4) is 0 Å². The van der Waals surface area contributed by atoms with E-state index >= 15 is 0 Å². The van der Waals surface area contributed by atoms with Gasteiger partial charge in [0.25, 0.3) is 0 Å². The molecule has 0 bridgehead atoms. The van der Waals surface area contributed by atoms with E-state index in [0.29, 0.717) is 38.5 Å². The van der Waals surface area contributed by atoms with Gasteiger partial charge < -0.3 is 29.7 Å². The van der Waals surface area contributed by atoms with Gasteiger partial charge in [-0.3, -0.25) is 14.4 Å². The molecular formula is C28H48O10Ti. The molecular weight excluding hydrogens is 544 g/mol. The minimum atomic E-state index is -1.28. The van der Waals surface area contributed by atoms with Crippen LogP contribution in [0.25, 0.3) is 0 Å². The Morgan fingerprint density at radius 2 is 0.692 bits per heavy atom. The van der Waals surface area contributed by atoms with Gasteiger partial charge in [0, 0.05) is 54.9 Å². The molecule has 0 aromatic heterocycles. The topological polar surface area (TPSA) is 181 Å². The summed E-state index contributed by atoms with van der Waals surface area (Å²) in [5.74, 6) is -4.78. The van der Waals surface area contributed by atoms with Gasteiger partial charge in [0.1, 0.15) is 17.3 Å². The largest absolute Gasteiger partial charge is 0.550 e. The molecule has 0 saturated carbocycles. The van der Waals surface area contributed by atoms with E-state index in [2.05, 4.69) is 0 Å². The number of carboxylic acid groups (broad SMARTS) is 3. The van der Waals surface area contributed by atoms with E-state index in [1.54, 1.807) is 20.8 Å². The molecule has 11 heteroatoms. The number of ketones is 3. The third kappa shape index (κ3) is 30.5. The van der Waals surface area contributed by atoms with E-state index in [1.165, 1.54) is 0 Å². The van der Waals surface area contributed by atoms with Gasteiger partial charge in [-0.05, 0) is 38.5 Å². The van der Waals surface area contributed by atoms with Crippen LogP contribution in [0.2, 0.25) is 0 Å². The summed E-state index contributed by atoms with van der Waals surface area (Å²) >= 11 is 1.71. The van der Waals surface area contributed by atoms with Crippen LogP contribution in [0, 0.1) is 17.8 Å². The van der Waals surface area contributed by atoms with E-state index in [-0.39, 0.29) is 40.7 Å². The molecule has 0 unspecified atom stereocenters. The molecule has 0 radical (unpaired) electrons. The molecule has 39 heavy (non-hydrogen) atoms. The summed E-state index contributed by atoms with van der Waals surface area (Å²) in [7, 11) is 0. The molecule has 0 aliphatic rings. The molecule has 0 atom stereocenters. The standard InChI is InChI=1S/3C8H14O3.C4H9O.Ti/c3*1-3-6(4-2)7(9)5-8(10)11;1-4(2,3)5;/h3*6H,3-5H2,1-2H3,(H,10,11);1-3H3;/q;;;-1;+4/p-3. The average molecular weight is 593 g/mol. The summed E-state index contributed by atoms with van der Waals surface area (Å²) in [5.41, 5.74) is 0.0417. The monoisotopic (exact) mass is 592 g/mol. The van der Waals surface area contributed by atoms with Crippen molar-refractivity contribution in [2.45, 2.75) is 126 Å². The fraction of sp³-hybridized carbons (Fsp3) is 0.786. The van der Waals surface area contributed by atoms with Crippen molar-refractivity contribution < 1.29 is 68.2 Å². The van der Waals surface area contributed by atoms with Crippen molar-refractivity contribution in [1.29, 1.82) is 0 Å². The molecule has 0 spiro atoms. The molecule has 0 saturated heterocycles. The Kier molecular flexibility index (Phi) is 29.8. The molecule has 10 nitrogen and oxygen atoms in total. The number of Topliss-reactive ketones (excluding diaryl/α,β-unsaturated/α-hetero) is 3. The Bertz CT molecular complexity index is 631. The normalized spacial score (nSPS) is 10.4. The number of carbonyl (C=O) groups is 6. The second kappa shape index (κ2) is 26.3. The molecule has 0 aromatic rings. The minimum absolute atomic E-state index is 0.0417. The fourth-order valence-electron chi connectivity index (χ4n) is 3.09.